The van der Waals surface area contributed by atoms with Crippen LogP contribution in [0, 0.1) is 5.82 Å². The van der Waals surface area contributed by atoms with Gasteiger partial charge in [-0.25, -0.2) is 9.49 Å². The average Bonchev–Trinajstić information content (AvgIpc) is 3.25. The fraction of sp³-hybridized carbons (Fsp3) is 0.500. The summed E-state index contributed by atoms with van der Waals surface area (Å²) in [4.78, 5) is 38.5. The lowest BCUT2D eigenvalue weighted by molar-refractivity contribution is -0.121. The van der Waals surface area contributed by atoms with Crippen molar-refractivity contribution in [3.05, 3.63) is 62.3 Å². The molecular formula is C24H29FN4O3. The molecule has 2 aliphatic rings. The van der Waals surface area contributed by atoms with Crippen LogP contribution in [0.1, 0.15) is 71.8 Å². The molecule has 7 nitrogen and oxygen atoms in total. The summed E-state index contributed by atoms with van der Waals surface area (Å²) in [5.74, 6) is -0.946. The maximum Gasteiger partial charge on any atom is 0.267 e. The molecule has 0 spiro atoms. The number of rotatable bonds is 6. The molecule has 0 saturated carbocycles. The number of nitrogens with one attached hydrogen (secondary N) is 2. The fourth-order valence-electron chi connectivity index (χ4n) is 4.67. The molecule has 1 atom stereocenters. The Morgan fingerprint density at radius 3 is 2.81 bits per heavy atom. The Kier molecular flexibility index (Phi) is 6.67. The van der Waals surface area contributed by atoms with Crippen LogP contribution in [0.5, 0.6) is 0 Å². The topological polar surface area (TPSA) is 95.2 Å². The molecule has 1 aliphatic carbocycles. The number of fused-ring (bicyclic) bond motifs is 1. The second-order valence-electron chi connectivity index (χ2n) is 8.71. The van der Waals surface area contributed by atoms with Crippen LogP contribution < -0.4 is 10.9 Å². The first-order valence-corrected chi connectivity index (χ1v) is 11.4. The summed E-state index contributed by atoms with van der Waals surface area (Å²) in [6.45, 7) is 2.81. The van der Waals surface area contributed by atoms with Crippen molar-refractivity contribution < 1.29 is 14.0 Å². The van der Waals surface area contributed by atoms with E-state index in [9.17, 15) is 18.8 Å². The van der Waals surface area contributed by atoms with Crippen LogP contribution in [0.25, 0.3) is 0 Å². The Balaban J connectivity index is 1.50. The highest BCUT2D eigenvalue weighted by atomic mass is 19.1. The number of hydrogen-bond acceptors (Lipinski definition) is 4. The van der Waals surface area contributed by atoms with Crippen molar-refractivity contribution in [1.82, 2.24) is 20.4 Å². The SMILES string of the molecule is CCCC(=O)NC1CCN(C(=O)c2cc(Cc3n[nH]c(=O)c4c3CCCC4)ccc2F)C1. The van der Waals surface area contributed by atoms with Gasteiger partial charge in [-0.15, -0.1) is 0 Å². The van der Waals surface area contributed by atoms with Crippen LogP contribution in [0.15, 0.2) is 23.0 Å². The highest BCUT2D eigenvalue weighted by Crippen LogP contribution is 2.23. The third-order valence-electron chi connectivity index (χ3n) is 6.33. The Bertz CT molecular complexity index is 1080. The van der Waals surface area contributed by atoms with Gasteiger partial charge >= 0.3 is 0 Å². The van der Waals surface area contributed by atoms with Crippen LogP contribution >= 0.6 is 0 Å². The second kappa shape index (κ2) is 9.63. The quantitative estimate of drug-likeness (QED) is 0.722. The number of H-pyrrole nitrogens is 1. The van der Waals surface area contributed by atoms with Gasteiger partial charge in [-0.2, -0.15) is 5.10 Å². The monoisotopic (exact) mass is 440 g/mol. The lowest BCUT2D eigenvalue weighted by atomic mass is 9.90. The smallest absolute Gasteiger partial charge is 0.267 e. The molecule has 32 heavy (non-hydrogen) atoms. The second-order valence-corrected chi connectivity index (χ2v) is 8.71. The Labute approximate surface area is 186 Å². The summed E-state index contributed by atoms with van der Waals surface area (Å²) in [5, 5.41) is 9.77. The molecule has 170 valence electrons. The van der Waals surface area contributed by atoms with Gasteiger partial charge in [0.05, 0.1) is 11.3 Å². The Hall–Kier alpha value is -3.03. The van der Waals surface area contributed by atoms with E-state index in [-0.39, 0.29) is 29.0 Å². The van der Waals surface area contributed by atoms with Gasteiger partial charge in [0.25, 0.3) is 11.5 Å². The zero-order valence-electron chi connectivity index (χ0n) is 18.4. The molecule has 1 fully saturated rings. The van der Waals surface area contributed by atoms with Gasteiger partial charge in [-0.3, -0.25) is 14.4 Å². The Morgan fingerprint density at radius 1 is 1.25 bits per heavy atom. The molecule has 2 heterocycles. The molecule has 4 rings (SSSR count). The summed E-state index contributed by atoms with van der Waals surface area (Å²) in [6, 6.07) is 4.47. The molecular weight excluding hydrogens is 411 g/mol. The zero-order valence-corrected chi connectivity index (χ0v) is 18.4. The lowest BCUT2D eigenvalue weighted by Crippen LogP contribution is -2.38. The first-order chi connectivity index (χ1) is 15.5. The van der Waals surface area contributed by atoms with E-state index in [1.54, 1.807) is 17.0 Å². The first-order valence-electron chi connectivity index (χ1n) is 11.4. The van der Waals surface area contributed by atoms with Crippen LogP contribution in [-0.4, -0.2) is 46.0 Å². The number of halogens is 1. The molecule has 0 radical (unpaired) electrons. The van der Waals surface area contributed by atoms with E-state index in [0.29, 0.717) is 32.4 Å². The predicted molar refractivity (Wildman–Crippen MR) is 118 cm³/mol. The number of carbonyl (C=O) groups is 2. The molecule has 0 bridgehead atoms. The third-order valence-corrected chi connectivity index (χ3v) is 6.33. The minimum absolute atomic E-state index is 0.0169. The van der Waals surface area contributed by atoms with Crippen molar-refractivity contribution in [1.29, 1.82) is 0 Å². The first kappa shape index (κ1) is 22.2. The van der Waals surface area contributed by atoms with E-state index in [1.165, 1.54) is 6.07 Å². The van der Waals surface area contributed by atoms with Crippen LogP contribution in [0.3, 0.4) is 0 Å². The normalized spacial score (nSPS) is 17.8. The summed E-state index contributed by atoms with van der Waals surface area (Å²) < 4.78 is 14.6. The summed E-state index contributed by atoms with van der Waals surface area (Å²) in [7, 11) is 0. The minimum atomic E-state index is -0.561. The highest BCUT2D eigenvalue weighted by Gasteiger charge is 2.29. The van der Waals surface area contributed by atoms with Gasteiger partial charge in [0, 0.05) is 37.5 Å². The third kappa shape index (κ3) is 4.74. The van der Waals surface area contributed by atoms with Crippen molar-refractivity contribution >= 4 is 11.8 Å². The molecule has 1 saturated heterocycles. The number of benzene rings is 1. The van der Waals surface area contributed by atoms with Gasteiger partial charge < -0.3 is 10.2 Å². The molecule has 1 aliphatic heterocycles. The van der Waals surface area contributed by atoms with Crippen molar-refractivity contribution in [2.24, 2.45) is 0 Å². The van der Waals surface area contributed by atoms with Crippen LogP contribution in [-0.2, 0) is 24.1 Å². The number of carbonyl (C=O) groups excluding carboxylic acids is 2. The van der Waals surface area contributed by atoms with E-state index >= 15 is 0 Å². The summed E-state index contributed by atoms with van der Waals surface area (Å²) >= 11 is 0. The van der Waals surface area contributed by atoms with Gasteiger partial charge in [-0.1, -0.05) is 13.0 Å². The van der Waals surface area contributed by atoms with E-state index < -0.39 is 5.82 Å². The number of aromatic amines is 1. The van der Waals surface area contributed by atoms with Crippen molar-refractivity contribution in [3.63, 3.8) is 0 Å². The molecule has 2 aromatic rings. The van der Waals surface area contributed by atoms with Crippen molar-refractivity contribution in [3.8, 4) is 0 Å². The number of nitrogens with zero attached hydrogens (tertiary/aromatic N) is 2. The highest BCUT2D eigenvalue weighted by molar-refractivity contribution is 5.95. The van der Waals surface area contributed by atoms with E-state index in [0.717, 1.165) is 54.5 Å². The molecule has 8 heteroatoms. The molecule has 1 aromatic carbocycles. The maximum atomic E-state index is 14.6. The number of amides is 2. The van der Waals surface area contributed by atoms with Crippen molar-refractivity contribution in [2.75, 3.05) is 13.1 Å². The van der Waals surface area contributed by atoms with Crippen molar-refractivity contribution in [2.45, 2.75) is 64.3 Å². The lowest BCUT2D eigenvalue weighted by Gasteiger charge is -2.19. The zero-order chi connectivity index (χ0) is 22.7. The van der Waals surface area contributed by atoms with Gasteiger partial charge in [0.1, 0.15) is 5.82 Å². The van der Waals surface area contributed by atoms with E-state index in [1.807, 2.05) is 6.92 Å². The number of likely N-dealkylation sites (tertiary alicyclic amines) is 1. The Morgan fingerprint density at radius 2 is 2.03 bits per heavy atom. The van der Waals surface area contributed by atoms with E-state index in [4.69, 9.17) is 0 Å². The molecule has 1 aromatic heterocycles. The molecule has 1 unspecified atom stereocenters. The predicted octanol–water partition coefficient (Wildman–Crippen LogP) is 2.51. The van der Waals surface area contributed by atoms with Gasteiger partial charge in [0.15, 0.2) is 0 Å². The summed E-state index contributed by atoms with van der Waals surface area (Å²) in [6.07, 6.45) is 5.89. The maximum absolute atomic E-state index is 14.6. The number of aromatic nitrogens is 2. The summed E-state index contributed by atoms with van der Waals surface area (Å²) in [5.41, 5.74) is 3.24. The van der Waals surface area contributed by atoms with Crippen LogP contribution in [0.2, 0.25) is 0 Å². The average molecular weight is 441 g/mol. The molecule has 2 amide bonds. The largest absolute Gasteiger partial charge is 0.352 e. The standard InChI is InChI=1S/C24H29FN4O3/c1-2-5-22(30)26-16-10-11-29(14-16)24(32)19-12-15(8-9-20(19)25)13-21-17-6-3-4-7-18(17)23(31)28-27-21/h8-9,12,16H,2-7,10-11,13-14H2,1H3,(H,26,30)(H,28,31). The molecule has 2 N–H and O–H groups in total. The van der Waals surface area contributed by atoms with E-state index in [2.05, 4.69) is 15.5 Å². The van der Waals surface area contributed by atoms with Gasteiger partial charge in [0.2, 0.25) is 5.91 Å². The van der Waals surface area contributed by atoms with Gasteiger partial charge in [-0.05, 0) is 61.8 Å². The fourth-order valence-corrected chi connectivity index (χ4v) is 4.67. The number of hydrogen-bond donors (Lipinski definition) is 2. The van der Waals surface area contributed by atoms with Crippen LogP contribution in [0.4, 0.5) is 4.39 Å². The minimum Gasteiger partial charge on any atom is -0.352 e.